The summed E-state index contributed by atoms with van der Waals surface area (Å²) in [5.74, 6) is -1.84. The summed E-state index contributed by atoms with van der Waals surface area (Å²) in [5.41, 5.74) is 4.20. The van der Waals surface area contributed by atoms with Crippen LogP contribution >= 0.6 is 0 Å². The van der Waals surface area contributed by atoms with Gasteiger partial charge in [0.2, 0.25) is 0 Å². The number of hydrogen-bond donors (Lipinski definition) is 3. The van der Waals surface area contributed by atoms with Gasteiger partial charge in [0.25, 0.3) is 0 Å². The first-order valence-corrected chi connectivity index (χ1v) is 9.98. The minimum absolute atomic E-state index is 0.226. The van der Waals surface area contributed by atoms with E-state index in [-0.39, 0.29) is 11.5 Å². The molecule has 4 unspecified atom stereocenters. The van der Waals surface area contributed by atoms with E-state index in [0.29, 0.717) is 37.5 Å². The van der Waals surface area contributed by atoms with E-state index in [0.717, 1.165) is 6.42 Å². The van der Waals surface area contributed by atoms with Crippen molar-refractivity contribution >= 4 is 11.6 Å². The minimum Gasteiger partial charge on any atom is -0.508 e. The number of rotatable bonds is 10. The normalized spacial score (nSPS) is 26.1. The van der Waals surface area contributed by atoms with Crippen molar-refractivity contribution in [3.8, 4) is 0 Å². The third-order valence-corrected chi connectivity index (χ3v) is 5.67. The first kappa shape index (κ1) is 22.8. The zero-order valence-corrected chi connectivity index (χ0v) is 17.2. The number of carbonyl (C=O) groups excluding carboxylic acids is 2. The molecule has 0 bridgehead atoms. The van der Waals surface area contributed by atoms with Gasteiger partial charge >= 0.3 is 0 Å². The molecule has 0 aromatic carbocycles. The van der Waals surface area contributed by atoms with Gasteiger partial charge in [-0.05, 0) is 37.5 Å². The van der Waals surface area contributed by atoms with Crippen LogP contribution in [-0.2, 0) is 9.59 Å². The highest BCUT2D eigenvalue weighted by atomic mass is 16.3. The fraction of sp³-hybridized carbons (Fsp3) is 0.810. The number of hydrogen-bond acceptors (Lipinski definition) is 5. The number of nitrogens with two attached hydrogens (primary N) is 1. The Hall–Kier alpha value is -1.20. The monoisotopic (exact) mass is 367 g/mol. The van der Waals surface area contributed by atoms with Crippen LogP contribution in [0.1, 0.15) is 73.6 Å². The van der Waals surface area contributed by atoms with Crippen molar-refractivity contribution in [1.82, 2.24) is 0 Å². The Labute approximate surface area is 158 Å². The standard InChI is InChI=1S/C21H37NO4/c1-7-14(6)18(23)17-19(24)15(10-8-12(2)3)21(26,20(17)25)16(22)11-9-13(4)5/h12-16,25-26H,7-11,22H2,1-6H3. The summed E-state index contributed by atoms with van der Waals surface area (Å²) >= 11 is 0. The Balaban J connectivity index is 3.29. The fourth-order valence-corrected chi connectivity index (χ4v) is 3.54. The Morgan fingerprint density at radius 3 is 2.12 bits per heavy atom. The van der Waals surface area contributed by atoms with Crippen LogP contribution in [0, 0.1) is 23.7 Å². The number of aliphatic hydroxyl groups excluding tert-OH is 1. The highest BCUT2D eigenvalue weighted by Gasteiger charge is 2.57. The van der Waals surface area contributed by atoms with E-state index in [1.807, 2.05) is 20.8 Å². The maximum Gasteiger partial charge on any atom is 0.176 e. The van der Waals surface area contributed by atoms with Crippen molar-refractivity contribution in [1.29, 1.82) is 0 Å². The van der Waals surface area contributed by atoms with Crippen LogP contribution in [0.25, 0.3) is 0 Å². The highest BCUT2D eigenvalue weighted by Crippen LogP contribution is 2.43. The van der Waals surface area contributed by atoms with Crippen molar-refractivity contribution in [2.45, 2.75) is 85.3 Å². The van der Waals surface area contributed by atoms with Crippen molar-refractivity contribution in [2.24, 2.45) is 29.4 Å². The van der Waals surface area contributed by atoms with Crippen molar-refractivity contribution in [3.63, 3.8) is 0 Å². The van der Waals surface area contributed by atoms with Gasteiger partial charge < -0.3 is 15.9 Å². The molecule has 4 N–H and O–H groups in total. The molecule has 150 valence electrons. The van der Waals surface area contributed by atoms with E-state index in [4.69, 9.17) is 5.73 Å². The van der Waals surface area contributed by atoms with Crippen LogP contribution in [0.4, 0.5) is 0 Å². The van der Waals surface area contributed by atoms with Crippen LogP contribution in [0.3, 0.4) is 0 Å². The molecule has 1 rings (SSSR count). The molecule has 0 saturated heterocycles. The lowest BCUT2D eigenvalue weighted by molar-refractivity contribution is -0.128. The van der Waals surface area contributed by atoms with E-state index < -0.39 is 34.9 Å². The lowest BCUT2D eigenvalue weighted by Gasteiger charge is -2.35. The van der Waals surface area contributed by atoms with Crippen LogP contribution in [0.15, 0.2) is 11.3 Å². The Kier molecular flexibility index (Phi) is 8.03. The van der Waals surface area contributed by atoms with E-state index in [1.54, 1.807) is 6.92 Å². The summed E-state index contributed by atoms with van der Waals surface area (Å²) in [7, 11) is 0. The van der Waals surface area contributed by atoms with E-state index in [1.165, 1.54) is 0 Å². The molecule has 0 saturated carbocycles. The summed E-state index contributed by atoms with van der Waals surface area (Å²) in [6, 6.07) is -0.784. The summed E-state index contributed by atoms with van der Waals surface area (Å²) < 4.78 is 0. The summed E-state index contributed by atoms with van der Waals surface area (Å²) in [6.45, 7) is 11.8. The fourth-order valence-electron chi connectivity index (χ4n) is 3.54. The molecule has 0 aromatic heterocycles. The minimum atomic E-state index is -1.85. The zero-order chi connectivity index (χ0) is 20.2. The molecule has 1 aliphatic rings. The number of aliphatic hydroxyl groups is 2. The molecule has 0 heterocycles. The topological polar surface area (TPSA) is 101 Å². The predicted molar refractivity (Wildman–Crippen MR) is 104 cm³/mol. The molecule has 26 heavy (non-hydrogen) atoms. The number of allylic oxidation sites excluding steroid dienone is 1. The van der Waals surface area contributed by atoms with Crippen LogP contribution in [-0.4, -0.2) is 33.4 Å². The molecule has 0 spiro atoms. The van der Waals surface area contributed by atoms with Crippen LogP contribution < -0.4 is 5.73 Å². The van der Waals surface area contributed by atoms with Gasteiger partial charge in [-0.15, -0.1) is 0 Å². The maximum atomic E-state index is 13.0. The smallest absolute Gasteiger partial charge is 0.176 e. The molecule has 0 aliphatic heterocycles. The molecule has 0 fully saturated rings. The van der Waals surface area contributed by atoms with Gasteiger partial charge in [0.15, 0.2) is 11.6 Å². The van der Waals surface area contributed by atoms with Gasteiger partial charge in [-0.3, -0.25) is 9.59 Å². The van der Waals surface area contributed by atoms with Gasteiger partial charge in [-0.1, -0.05) is 48.0 Å². The van der Waals surface area contributed by atoms with Gasteiger partial charge in [-0.2, -0.15) is 0 Å². The second-order valence-electron chi connectivity index (χ2n) is 8.69. The third-order valence-electron chi connectivity index (χ3n) is 5.67. The summed E-state index contributed by atoms with van der Waals surface area (Å²) in [6.07, 6.45) is 2.94. The lowest BCUT2D eigenvalue weighted by atomic mass is 9.77. The lowest BCUT2D eigenvalue weighted by Crippen LogP contribution is -2.54. The number of carbonyl (C=O) groups is 2. The predicted octanol–water partition coefficient (Wildman–Crippen LogP) is 3.54. The first-order chi connectivity index (χ1) is 12.0. The van der Waals surface area contributed by atoms with Crippen molar-refractivity contribution < 1.29 is 19.8 Å². The van der Waals surface area contributed by atoms with Crippen molar-refractivity contribution in [3.05, 3.63) is 11.3 Å². The Morgan fingerprint density at radius 2 is 1.65 bits per heavy atom. The van der Waals surface area contributed by atoms with Gasteiger partial charge in [-0.25, -0.2) is 0 Å². The maximum absolute atomic E-state index is 13.0. The summed E-state index contributed by atoms with van der Waals surface area (Å²) in [4.78, 5) is 25.7. The molecule has 5 heteroatoms. The molecule has 5 nitrogen and oxygen atoms in total. The van der Waals surface area contributed by atoms with Gasteiger partial charge in [0.05, 0.1) is 5.92 Å². The van der Waals surface area contributed by atoms with Crippen LogP contribution in [0.2, 0.25) is 0 Å². The SMILES string of the molecule is CCC(C)C(=O)C1=C(O)C(O)(C(N)CCC(C)C)C(CCC(C)C)C1=O. The summed E-state index contributed by atoms with van der Waals surface area (Å²) in [5, 5.41) is 22.1. The molecular weight excluding hydrogens is 330 g/mol. The second kappa shape index (κ2) is 9.14. The molecular formula is C21H37NO4. The van der Waals surface area contributed by atoms with Crippen molar-refractivity contribution in [2.75, 3.05) is 0 Å². The largest absolute Gasteiger partial charge is 0.508 e. The van der Waals surface area contributed by atoms with E-state index in [2.05, 4.69) is 13.8 Å². The molecule has 0 amide bonds. The average Bonchev–Trinajstić information content (AvgIpc) is 2.76. The highest BCUT2D eigenvalue weighted by molar-refractivity contribution is 6.24. The van der Waals surface area contributed by atoms with E-state index in [9.17, 15) is 19.8 Å². The quantitative estimate of drug-likeness (QED) is 0.513. The van der Waals surface area contributed by atoms with Gasteiger partial charge in [0.1, 0.15) is 16.9 Å². The zero-order valence-electron chi connectivity index (χ0n) is 17.2. The van der Waals surface area contributed by atoms with Gasteiger partial charge in [0, 0.05) is 12.0 Å². The Morgan fingerprint density at radius 1 is 1.12 bits per heavy atom. The first-order valence-electron chi connectivity index (χ1n) is 9.98. The van der Waals surface area contributed by atoms with E-state index >= 15 is 0 Å². The molecule has 4 atom stereocenters. The van der Waals surface area contributed by atoms with Crippen LogP contribution in [0.5, 0.6) is 0 Å². The average molecular weight is 368 g/mol. The number of ketones is 2. The number of Topliss-reactive ketones (excluding diaryl/α,β-unsaturated/α-hetero) is 2. The molecule has 1 aliphatic carbocycles. The Bertz CT molecular complexity index is 552. The molecule has 0 radical (unpaired) electrons. The molecule has 0 aromatic rings. The second-order valence-corrected chi connectivity index (χ2v) is 8.69. The third kappa shape index (κ3) is 4.55.